The molecule has 0 saturated heterocycles. The Bertz CT molecular complexity index is 521. The summed E-state index contributed by atoms with van der Waals surface area (Å²) >= 11 is 0. The lowest BCUT2D eigenvalue weighted by Gasteiger charge is -2.07. The molecule has 0 radical (unpaired) electrons. The summed E-state index contributed by atoms with van der Waals surface area (Å²) in [6.45, 7) is 1.86. The molecule has 2 rings (SSSR count). The summed E-state index contributed by atoms with van der Waals surface area (Å²) in [5.74, 6) is -0.419. The molecule has 0 spiro atoms. The number of carbonyl (C=O) groups excluding carboxylic acids is 1. The van der Waals surface area contributed by atoms with Gasteiger partial charge < -0.3 is 5.73 Å². The van der Waals surface area contributed by atoms with Crippen molar-refractivity contribution in [3.63, 3.8) is 0 Å². The number of nitrogens with zero attached hydrogens (tertiary/aromatic N) is 1. The molecule has 0 unspecified atom stereocenters. The van der Waals surface area contributed by atoms with Crippen molar-refractivity contribution < 1.29 is 4.79 Å². The predicted octanol–water partition coefficient (Wildman–Crippen LogP) is 2.16. The minimum atomic E-state index is -0.419. The van der Waals surface area contributed by atoms with Gasteiger partial charge in [-0.2, -0.15) is 0 Å². The third-order valence-corrected chi connectivity index (χ3v) is 2.52. The molecular formula is C13H12N2O. The van der Waals surface area contributed by atoms with Crippen LogP contribution in [0, 0.1) is 6.92 Å². The number of aromatic nitrogens is 1. The third kappa shape index (κ3) is 1.80. The van der Waals surface area contributed by atoms with Crippen LogP contribution in [0.4, 0.5) is 0 Å². The Morgan fingerprint density at radius 1 is 1.19 bits per heavy atom. The first-order valence-corrected chi connectivity index (χ1v) is 5.01. The maximum absolute atomic E-state index is 11.2. The second kappa shape index (κ2) is 4.14. The molecule has 0 aliphatic carbocycles. The quantitative estimate of drug-likeness (QED) is 0.829. The molecule has 0 saturated carbocycles. The molecule has 80 valence electrons. The number of carbonyl (C=O) groups is 1. The Morgan fingerprint density at radius 2 is 1.88 bits per heavy atom. The lowest BCUT2D eigenvalue weighted by molar-refractivity contribution is 0.0999. The summed E-state index contributed by atoms with van der Waals surface area (Å²) in [6.07, 6.45) is 1.61. The van der Waals surface area contributed by atoms with Gasteiger partial charge in [0.15, 0.2) is 0 Å². The number of pyridine rings is 1. The SMILES string of the molecule is Cc1c(C(N)=O)ccnc1-c1ccccc1. The number of amides is 1. The third-order valence-electron chi connectivity index (χ3n) is 2.52. The van der Waals surface area contributed by atoms with Gasteiger partial charge in [-0.3, -0.25) is 9.78 Å². The Balaban J connectivity index is 2.59. The van der Waals surface area contributed by atoms with Crippen LogP contribution in [0.1, 0.15) is 15.9 Å². The molecule has 0 fully saturated rings. The zero-order valence-corrected chi connectivity index (χ0v) is 8.97. The maximum Gasteiger partial charge on any atom is 0.249 e. The minimum Gasteiger partial charge on any atom is -0.366 e. The number of rotatable bonds is 2. The van der Waals surface area contributed by atoms with Crippen molar-refractivity contribution in [1.29, 1.82) is 0 Å². The van der Waals surface area contributed by atoms with Gasteiger partial charge >= 0.3 is 0 Å². The fourth-order valence-electron chi connectivity index (χ4n) is 1.69. The summed E-state index contributed by atoms with van der Waals surface area (Å²) in [4.78, 5) is 15.5. The van der Waals surface area contributed by atoms with Crippen LogP contribution in [0.3, 0.4) is 0 Å². The van der Waals surface area contributed by atoms with E-state index in [4.69, 9.17) is 5.73 Å². The van der Waals surface area contributed by atoms with E-state index in [0.717, 1.165) is 16.8 Å². The fourth-order valence-corrected chi connectivity index (χ4v) is 1.69. The van der Waals surface area contributed by atoms with E-state index in [9.17, 15) is 4.79 Å². The van der Waals surface area contributed by atoms with Crippen molar-refractivity contribution in [1.82, 2.24) is 4.98 Å². The van der Waals surface area contributed by atoms with Crippen molar-refractivity contribution in [2.45, 2.75) is 6.92 Å². The van der Waals surface area contributed by atoms with Crippen molar-refractivity contribution in [2.24, 2.45) is 5.73 Å². The summed E-state index contributed by atoms with van der Waals surface area (Å²) < 4.78 is 0. The molecule has 1 aromatic carbocycles. The van der Waals surface area contributed by atoms with Crippen LogP contribution in [-0.4, -0.2) is 10.9 Å². The topological polar surface area (TPSA) is 56.0 Å². The zero-order valence-electron chi connectivity index (χ0n) is 8.97. The van der Waals surface area contributed by atoms with Gasteiger partial charge in [0.05, 0.1) is 5.69 Å². The van der Waals surface area contributed by atoms with Crippen molar-refractivity contribution >= 4 is 5.91 Å². The lowest BCUT2D eigenvalue weighted by Crippen LogP contribution is -2.13. The van der Waals surface area contributed by atoms with Crippen molar-refractivity contribution in [2.75, 3.05) is 0 Å². The van der Waals surface area contributed by atoms with E-state index >= 15 is 0 Å². The van der Waals surface area contributed by atoms with Gasteiger partial charge in [0.25, 0.3) is 0 Å². The first kappa shape index (κ1) is 10.4. The Kier molecular flexibility index (Phi) is 2.68. The van der Waals surface area contributed by atoms with Gasteiger partial charge in [-0.25, -0.2) is 0 Å². The first-order valence-electron chi connectivity index (χ1n) is 5.01. The maximum atomic E-state index is 11.2. The highest BCUT2D eigenvalue weighted by molar-refractivity contribution is 5.95. The average Bonchev–Trinajstić information content (AvgIpc) is 2.30. The fraction of sp³-hybridized carbons (Fsp3) is 0.0769. The van der Waals surface area contributed by atoms with Crippen LogP contribution in [0.2, 0.25) is 0 Å². The van der Waals surface area contributed by atoms with Crippen LogP contribution >= 0.6 is 0 Å². The molecule has 1 amide bonds. The van der Waals surface area contributed by atoms with Crippen LogP contribution in [-0.2, 0) is 0 Å². The summed E-state index contributed by atoms with van der Waals surface area (Å²) in [5.41, 5.74) is 8.43. The molecule has 0 atom stereocenters. The van der Waals surface area contributed by atoms with E-state index in [-0.39, 0.29) is 0 Å². The second-order valence-electron chi connectivity index (χ2n) is 3.56. The smallest absolute Gasteiger partial charge is 0.249 e. The summed E-state index contributed by atoms with van der Waals surface area (Å²) in [7, 11) is 0. The largest absolute Gasteiger partial charge is 0.366 e. The molecule has 3 heteroatoms. The number of primary amides is 1. The Hall–Kier alpha value is -2.16. The number of hydrogen-bond donors (Lipinski definition) is 1. The second-order valence-corrected chi connectivity index (χ2v) is 3.56. The molecular weight excluding hydrogens is 200 g/mol. The van der Waals surface area contributed by atoms with Gasteiger partial charge in [0.1, 0.15) is 0 Å². The molecule has 0 bridgehead atoms. The van der Waals surface area contributed by atoms with Crippen molar-refractivity contribution in [3.05, 3.63) is 53.7 Å². The van der Waals surface area contributed by atoms with Gasteiger partial charge in [-0.1, -0.05) is 30.3 Å². The standard InChI is InChI=1S/C13H12N2O/c1-9-11(13(14)16)7-8-15-12(9)10-5-3-2-4-6-10/h2-8H,1H3,(H2,14,16). The highest BCUT2D eigenvalue weighted by Gasteiger charge is 2.10. The highest BCUT2D eigenvalue weighted by Crippen LogP contribution is 2.22. The molecule has 0 aliphatic rings. The van der Waals surface area contributed by atoms with E-state index in [1.807, 2.05) is 37.3 Å². The van der Waals surface area contributed by atoms with E-state index in [1.54, 1.807) is 12.3 Å². The van der Waals surface area contributed by atoms with E-state index in [0.29, 0.717) is 5.56 Å². The monoisotopic (exact) mass is 212 g/mol. The zero-order chi connectivity index (χ0) is 11.5. The molecule has 1 heterocycles. The van der Waals surface area contributed by atoms with Crippen molar-refractivity contribution in [3.8, 4) is 11.3 Å². The van der Waals surface area contributed by atoms with E-state index in [2.05, 4.69) is 4.98 Å². The van der Waals surface area contributed by atoms with E-state index < -0.39 is 5.91 Å². The van der Waals surface area contributed by atoms with Gasteiger partial charge in [0.2, 0.25) is 5.91 Å². The lowest BCUT2D eigenvalue weighted by atomic mass is 10.0. The van der Waals surface area contributed by atoms with Crippen LogP contribution in [0.5, 0.6) is 0 Å². The minimum absolute atomic E-state index is 0.419. The number of nitrogens with two attached hydrogens (primary N) is 1. The van der Waals surface area contributed by atoms with Crippen LogP contribution in [0.15, 0.2) is 42.6 Å². The summed E-state index contributed by atoms with van der Waals surface area (Å²) in [5, 5.41) is 0. The highest BCUT2D eigenvalue weighted by atomic mass is 16.1. The average molecular weight is 212 g/mol. The molecule has 0 aliphatic heterocycles. The summed E-state index contributed by atoms with van der Waals surface area (Å²) in [6, 6.07) is 11.4. The number of benzene rings is 1. The predicted molar refractivity (Wildman–Crippen MR) is 62.9 cm³/mol. The molecule has 16 heavy (non-hydrogen) atoms. The first-order chi connectivity index (χ1) is 7.70. The Morgan fingerprint density at radius 3 is 2.50 bits per heavy atom. The van der Waals surface area contributed by atoms with Gasteiger partial charge in [-0.05, 0) is 18.6 Å². The molecule has 2 aromatic rings. The number of hydrogen-bond acceptors (Lipinski definition) is 2. The Labute approximate surface area is 93.9 Å². The molecule has 3 nitrogen and oxygen atoms in total. The van der Waals surface area contributed by atoms with E-state index in [1.165, 1.54) is 0 Å². The van der Waals surface area contributed by atoms with Gasteiger partial charge in [-0.15, -0.1) is 0 Å². The molecule has 2 N–H and O–H groups in total. The van der Waals surface area contributed by atoms with Gasteiger partial charge in [0, 0.05) is 17.3 Å². The van der Waals surface area contributed by atoms with Crippen LogP contribution in [0.25, 0.3) is 11.3 Å². The van der Waals surface area contributed by atoms with Crippen LogP contribution < -0.4 is 5.73 Å². The normalized spacial score (nSPS) is 10.1. The molecule has 1 aromatic heterocycles.